The normalized spacial score (nSPS) is 13.8. The fourth-order valence-corrected chi connectivity index (χ4v) is 2.49. The maximum absolute atomic E-state index is 10.6. The number of aryl methyl sites for hydroxylation is 1. The van der Waals surface area contributed by atoms with Gasteiger partial charge in [-0.15, -0.1) is 0 Å². The van der Waals surface area contributed by atoms with Gasteiger partial charge in [-0.2, -0.15) is 0 Å². The summed E-state index contributed by atoms with van der Waals surface area (Å²) in [4.78, 5) is 0. The van der Waals surface area contributed by atoms with Crippen molar-refractivity contribution < 1.29 is 9.84 Å². The number of benzene rings is 2. The molecular weight excluding hydrogens is 363 g/mol. The van der Waals surface area contributed by atoms with Crippen LogP contribution in [0.2, 0.25) is 0 Å². The van der Waals surface area contributed by atoms with Gasteiger partial charge in [-0.3, -0.25) is 0 Å². The number of hydrogen-bond acceptors (Lipinski definition) is 2. The average molecular weight is 382 g/mol. The first-order chi connectivity index (χ1) is 9.51. The van der Waals surface area contributed by atoms with Gasteiger partial charge in [0.05, 0.1) is 12.7 Å². The van der Waals surface area contributed by atoms with Crippen LogP contribution in [-0.4, -0.2) is 12.2 Å². The first-order valence-electron chi connectivity index (χ1n) is 6.62. The molecule has 0 aliphatic heterocycles. The van der Waals surface area contributed by atoms with E-state index in [4.69, 9.17) is 4.74 Å². The number of halogens is 1. The van der Waals surface area contributed by atoms with Gasteiger partial charge in [0.2, 0.25) is 0 Å². The van der Waals surface area contributed by atoms with Gasteiger partial charge in [0, 0.05) is 3.57 Å². The summed E-state index contributed by atoms with van der Waals surface area (Å²) >= 11 is 2.27. The third-order valence-corrected chi connectivity index (χ3v) is 4.24. The largest absolute Gasteiger partial charge is 0.497 e. The summed E-state index contributed by atoms with van der Waals surface area (Å²) in [6.45, 7) is 1.87. The van der Waals surface area contributed by atoms with E-state index >= 15 is 0 Å². The van der Waals surface area contributed by atoms with Gasteiger partial charge in [-0.1, -0.05) is 24.3 Å². The maximum atomic E-state index is 10.6. The molecule has 1 unspecified atom stereocenters. The Labute approximate surface area is 133 Å². The summed E-state index contributed by atoms with van der Waals surface area (Å²) in [5, 5.41) is 10.6. The van der Waals surface area contributed by atoms with E-state index in [1.807, 2.05) is 55.5 Å². The number of aliphatic hydroxyl groups is 1. The lowest BCUT2D eigenvalue weighted by molar-refractivity contribution is 0.0480. The Kier molecular flexibility index (Phi) is 5.05. The molecule has 2 aromatic rings. The standard InChI is InChI=1S/C17H19IO2/c1-17(19,14-5-7-15(18)8-6-14)12-11-13-3-9-16(20-2)10-4-13/h3-10,19H,11-12H2,1-2H3. The van der Waals surface area contributed by atoms with Crippen LogP contribution in [0.25, 0.3) is 0 Å². The minimum absolute atomic E-state index is 0.694. The second-order valence-electron chi connectivity index (χ2n) is 5.13. The van der Waals surface area contributed by atoms with Crippen LogP contribution in [0.1, 0.15) is 24.5 Å². The van der Waals surface area contributed by atoms with Crippen LogP contribution in [-0.2, 0) is 12.0 Å². The quantitative estimate of drug-likeness (QED) is 0.788. The van der Waals surface area contributed by atoms with Crippen molar-refractivity contribution in [3.8, 4) is 5.75 Å². The Bertz CT molecular complexity index is 544. The zero-order valence-electron chi connectivity index (χ0n) is 11.8. The monoisotopic (exact) mass is 382 g/mol. The highest BCUT2D eigenvalue weighted by molar-refractivity contribution is 14.1. The smallest absolute Gasteiger partial charge is 0.118 e. The van der Waals surface area contributed by atoms with Gasteiger partial charge in [0.25, 0.3) is 0 Å². The summed E-state index contributed by atoms with van der Waals surface area (Å²) in [6.07, 6.45) is 1.53. The number of ether oxygens (including phenoxy) is 1. The van der Waals surface area contributed by atoms with E-state index in [0.29, 0.717) is 6.42 Å². The van der Waals surface area contributed by atoms with Crippen molar-refractivity contribution >= 4 is 22.6 Å². The Hall–Kier alpha value is -1.07. The molecule has 2 rings (SSSR count). The molecule has 0 aromatic heterocycles. The molecule has 3 heteroatoms. The summed E-state index contributed by atoms with van der Waals surface area (Å²) in [5.41, 5.74) is 1.37. The van der Waals surface area contributed by atoms with Crippen molar-refractivity contribution in [3.63, 3.8) is 0 Å². The van der Waals surface area contributed by atoms with Crippen LogP contribution >= 0.6 is 22.6 Å². The van der Waals surface area contributed by atoms with Crippen molar-refractivity contribution in [1.29, 1.82) is 0 Å². The second-order valence-corrected chi connectivity index (χ2v) is 6.37. The summed E-state index contributed by atoms with van der Waals surface area (Å²) in [6, 6.07) is 16.0. The Morgan fingerprint density at radius 1 is 1.05 bits per heavy atom. The van der Waals surface area contributed by atoms with Crippen LogP contribution < -0.4 is 4.74 Å². The zero-order valence-corrected chi connectivity index (χ0v) is 13.9. The summed E-state index contributed by atoms with van der Waals surface area (Å²) in [7, 11) is 1.66. The van der Waals surface area contributed by atoms with Gasteiger partial charge in [-0.25, -0.2) is 0 Å². The van der Waals surface area contributed by atoms with Crippen LogP contribution in [0, 0.1) is 3.57 Å². The topological polar surface area (TPSA) is 29.5 Å². The second kappa shape index (κ2) is 6.59. The lowest BCUT2D eigenvalue weighted by atomic mass is 9.89. The molecular formula is C17H19IO2. The summed E-state index contributed by atoms with van der Waals surface area (Å²) < 4.78 is 6.32. The van der Waals surface area contributed by atoms with Gasteiger partial charge < -0.3 is 9.84 Å². The van der Waals surface area contributed by atoms with Crippen molar-refractivity contribution in [1.82, 2.24) is 0 Å². The van der Waals surface area contributed by atoms with E-state index in [1.165, 1.54) is 9.13 Å². The Morgan fingerprint density at radius 2 is 1.65 bits per heavy atom. The summed E-state index contributed by atoms with van der Waals surface area (Å²) in [5.74, 6) is 0.859. The molecule has 0 saturated carbocycles. The molecule has 20 heavy (non-hydrogen) atoms. The third-order valence-electron chi connectivity index (χ3n) is 3.53. The molecule has 0 heterocycles. The zero-order chi connectivity index (χ0) is 14.6. The highest BCUT2D eigenvalue weighted by atomic mass is 127. The van der Waals surface area contributed by atoms with E-state index in [0.717, 1.165) is 17.7 Å². The molecule has 0 saturated heterocycles. The van der Waals surface area contributed by atoms with Crippen molar-refractivity contribution in [2.45, 2.75) is 25.4 Å². The molecule has 2 aromatic carbocycles. The predicted molar refractivity (Wildman–Crippen MR) is 90.0 cm³/mol. The molecule has 0 aliphatic rings. The molecule has 0 amide bonds. The fourth-order valence-electron chi connectivity index (χ4n) is 2.13. The predicted octanol–water partition coefficient (Wildman–Crippen LogP) is 4.14. The highest BCUT2D eigenvalue weighted by Gasteiger charge is 2.22. The lowest BCUT2D eigenvalue weighted by Gasteiger charge is -2.24. The number of hydrogen-bond donors (Lipinski definition) is 1. The van der Waals surface area contributed by atoms with Gasteiger partial charge in [0.1, 0.15) is 5.75 Å². The first-order valence-corrected chi connectivity index (χ1v) is 7.70. The third kappa shape index (κ3) is 3.96. The molecule has 2 nitrogen and oxygen atoms in total. The fraction of sp³-hybridized carbons (Fsp3) is 0.294. The van der Waals surface area contributed by atoms with Crippen LogP contribution in [0.3, 0.4) is 0 Å². The molecule has 0 fully saturated rings. The minimum atomic E-state index is -0.801. The van der Waals surface area contributed by atoms with Crippen LogP contribution in [0.4, 0.5) is 0 Å². The van der Waals surface area contributed by atoms with E-state index in [1.54, 1.807) is 7.11 Å². The Morgan fingerprint density at radius 3 is 2.20 bits per heavy atom. The molecule has 106 valence electrons. The molecule has 0 spiro atoms. The van der Waals surface area contributed by atoms with Gasteiger partial charge in [-0.05, 0) is 77.7 Å². The SMILES string of the molecule is COc1ccc(CCC(C)(O)c2ccc(I)cc2)cc1. The lowest BCUT2D eigenvalue weighted by Crippen LogP contribution is -2.21. The molecule has 1 N–H and O–H groups in total. The van der Waals surface area contributed by atoms with E-state index in [9.17, 15) is 5.11 Å². The van der Waals surface area contributed by atoms with Crippen molar-refractivity contribution in [3.05, 3.63) is 63.2 Å². The number of rotatable bonds is 5. The molecule has 1 atom stereocenters. The Balaban J connectivity index is 2.02. The van der Waals surface area contributed by atoms with E-state index in [-0.39, 0.29) is 0 Å². The van der Waals surface area contributed by atoms with Crippen LogP contribution in [0.15, 0.2) is 48.5 Å². The number of methoxy groups -OCH3 is 1. The molecule has 0 radical (unpaired) electrons. The van der Waals surface area contributed by atoms with E-state index in [2.05, 4.69) is 22.6 Å². The van der Waals surface area contributed by atoms with E-state index < -0.39 is 5.60 Å². The first kappa shape index (κ1) is 15.3. The van der Waals surface area contributed by atoms with Crippen LogP contribution in [0.5, 0.6) is 5.75 Å². The maximum Gasteiger partial charge on any atom is 0.118 e. The van der Waals surface area contributed by atoms with Gasteiger partial charge >= 0.3 is 0 Å². The average Bonchev–Trinajstić information content (AvgIpc) is 2.46. The van der Waals surface area contributed by atoms with Gasteiger partial charge in [0.15, 0.2) is 0 Å². The highest BCUT2D eigenvalue weighted by Crippen LogP contribution is 2.27. The molecule has 0 bridgehead atoms. The van der Waals surface area contributed by atoms with Crippen molar-refractivity contribution in [2.75, 3.05) is 7.11 Å². The van der Waals surface area contributed by atoms with Crippen molar-refractivity contribution in [2.24, 2.45) is 0 Å². The molecule has 0 aliphatic carbocycles. The minimum Gasteiger partial charge on any atom is -0.497 e.